The number of carboxylic acid groups (broad SMARTS) is 1. The average molecular weight is 619 g/mol. The van der Waals surface area contributed by atoms with Gasteiger partial charge in [-0.3, -0.25) is 29.2 Å². The van der Waals surface area contributed by atoms with Crippen LogP contribution in [-0.4, -0.2) is 103 Å². The fourth-order valence-corrected chi connectivity index (χ4v) is 3.71. The zero-order valence-corrected chi connectivity index (χ0v) is 24.5. The van der Waals surface area contributed by atoms with Crippen molar-refractivity contribution in [3.05, 3.63) is 0 Å². The van der Waals surface area contributed by atoms with Gasteiger partial charge in [-0.15, -0.1) is 0 Å². The van der Waals surface area contributed by atoms with Crippen molar-refractivity contribution in [3.8, 4) is 0 Å². The number of hydrogen-bond donors (Lipinski definition) is 12. The second-order valence-corrected chi connectivity index (χ2v) is 9.63. The molecule has 19 heteroatoms. The molecule has 240 valence electrons. The Balaban J connectivity index is 5.36. The minimum absolute atomic E-state index is 0.0634. The molecule has 0 heterocycles. The predicted molar refractivity (Wildman–Crippen MR) is 161 cm³/mol. The fourth-order valence-electron chi connectivity index (χ4n) is 3.46. The van der Waals surface area contributed by atoms with Crippen LogP contribution in [0.1, 0.15) is 44.9 Å². The number of aliphatic carboxylic acids is 1. The Hall–Kier alpha value is -3.84. The van der Waals surface area contributed by atoms with Crippen molar-refractivity contribution in [2.75, 3.05) is 31.9 Å². The lowest BCUT2D eigenvalue weighted by Crippen LogP contribution is -2.56. The first-order valence-corrected chi connectivity index (χ1v) is 14.0. The Morgan fingerprint density at radius 3 is 1.71 bits per heavy atom. The number of rotatable bonds is 22. The van der Waals surface area contributed by atoms with Crippen LogP contribution in [0, 0.1) is 0 Å². The number of carboxylic acids is 1. The van der Waals surface area contributed by atoms with Crippen LogP contribution in [0.25, 0.3) is 0 Å². The number of aliphatic imine (C=N–C) groups is 2. The minimum Gasteiger partial charge on any atom is -0.480 e. The first-order valence-electron chi connectivity index (χ1n) is 13.4. The highest BCUT2D eigenvalue weighted by molar-refractivity contribution is 7.80. The first-order chi connectivity index (χ1) is 19.8. The number of nitrogens with zero attached hydrogens (tertiary/aromatic N) is 2. The van der Waals surface area contributed by atoms with Gasteiger partial charge in [0.2, 0.25) is 23.6 Å². The Morgan fingerprint density at radius 2 is 1.21 bits per heavy atom. The molecule has 0 saturated heterocycles. The number of carbonyl (C=O) groups is 5. The minimum atomic E-state index is -1.30. The van der Waals surface area contributed by atoms with Crippen LogP contribution in [0.15, 0.2) is 9.98 Å². The van der Waals surface area contributed by atoms with Crippen LogP contribution in [0.5, 0.6) is 0 Å². The summed E-state index contributed by atoms with van der Waals surface area (Å²) in [6.45, 7) is 0.354. The molecule has 0 saturated carbocycles. The lowest BCUT2D eigenvalue weighted by atomic mass is 10.1. The van der Waals surface area contributed by atoms with Crippen molar-refractivity contribution in [1.29, 1.82) is 0 Å². The molecule has 0 radical (unpaired) electrons. The molecular formula is C23H46N12O6S. The highest BCUT2D eigenvalue weighted by Gasteiger charge is 2.29. The van der Waals surface area contributed by atoms with Gasteiger partial charge in [0, 0.05) is 18.8 Å². The van der Waals surface area contributed by atoms with E-state index in [-0.39, 0.29) is 49.9 Å². The number of nitrogens with two attached hydrogens (primary N) is 6. The number of carbonyl (C=O) groups excluding carboxylic acids is 4. The average Bonchev–Trinajstić information content (AvgIpc) is 2.92. The van der Waals surface area contributed by atoms with Gasteiger partial charge in [-0.2, -0.15) is 12.6 Å². The number of amides is 4. The lowest BCUT2D eigenvalue weighted by molar-refractivity contribution is -0.141. The number of nitrogens with one attached hydrogen (secondary N) is 4. The maximum Gasteiger partial charge on any atom is 0.327 e. The van der Waals surface area contributed by atoms with Gasteiger partial charge in [0.25, 0.3) is 0 Å². The quantitative estimate of drug-likeness (QED) is 0.0235. The van der Waals surface area contributed by atoms with Crippen LogP contribution in [0.3, 0.4) is 0 Å². The third kappa shape index (κ3) is 17.8. The SMILES string of the molecule is NCCCC[C@H](NC(=O)CNC(=O)[C@@H](N)CCCN=C(N)N)C(=O)N[C@@H](CCCN=C(N)N)C(=O)N[C@@H](CS)C(=O)O. The Kier molecular flexibility index (Phi) is 19.8. The van der Waals surface area contributed by atoms with Gasteiger partial charge >= 0.3 is 5.97 Å². The number of thiol groups is 1. The summed E-state index contributed by atoms with van der Waals surface area (Å²) < 4.78 is 0. The molecule has 0 aromatic carbocycles. The smallest absolute Gasteiger partial charge is 0.327 e. The number of guanidine groups is 2. The maximum atomic E-state index is 13.2. The van der Waals surface area contributed by atoms with E-state index in [9.17, 15) is 29.1 Å². The van der Waals surface area contributed by atoms with E-state index in [0.717, 1.165) is 0 Å². The van der Waals surface area contributed by atoms with Crippen molar-refractivity contribution < 1.29 is 29.1 Å². The van der Waals surface area contributed by atoms with E-state index in [1.165, 1.54) is 0 Å². The van der Waals surface area contributed by atoms with Crippen molar-refractivity contribution >= 4 is 54.1 Å². The highest BCUT2D eigenvalue weighted by atomic mass is 32.1. The van der Waals surface area contributed by atoms with Crippen molar-refractivity contribution in [1.82, 2.24) is 21.3 Å². The molecule has 0 aromatic heterocycles. The van der Waals surface area contributed by atoms with Gasteiger partial charge in [-0.25, -0.2) is 4.79 Å². The molecule has 0 aromatic rings. The molecule has 42 heavy (non-hydrogen) atoms. The summed E-state index contributed by atoms with van der Waals surface area (Å²) in [6, 6.07) is -4.44. The summed E-state index contributed by atoms with van der Waals surface area (Å²) in [7, 11) is 0. The van der Waals surface area contributed by atoms with Gasteiger partial charge in [0.05, 0.1) is 12.6 Å². The second kappa shape index (κ2) is 21.8. The molecule has 0 spiro atoms. The summed E-state index contributed by atoms with van der Waals surface area (Å²) in [5.74, 6) is -4.40. The molecule has 18 nitrogen and oxygen atoms in total. The topological polar surface area (TPSA) is 335 Å². The highest BCUT2D eigenvalue weighted by Crippen LogP contribution is 2.05. The predicted octanol–water partition coefficient (Wildman–Crippen LogP) is -4.87. The van der Waals surface area contributed by atoms with Gasteiger partial charge in [-0.1, -0.05) is 0 Å². The summed E-state index contributed by atoms with van der Waals surface area (Å²) in [5.41, 5.74) is 32.5. The Labute approximate surface area is 250 Å². The van der Waals surface area contributed by atoms with Crippen LogP contribution in [0.2, 0.25) is 0 Å². The third-order valence-electron chi connectivity index (χ3n) is 5.70. The molecule has 0 aliphatic rings. The van der Waals surface area contributed by atoms with E-state index in [1.807, 2.05) is 0 Å². The van der Waals surface area contributed by atoms with E-state index in [1.54, 1.807) is 0 Å². The Bertz CT molecular complexity index is 943. The standard InChI is InChI=1S/C23H46N12O6S/c24-8-2-1-6-14(33-17(36)11-32-18(37)13(25)5-3-9-30-22(26)27)19(38)34-15(7-4-10-31-23(28)29)20(39)35-16(12-42)21(40)41/h13-16,42H,1-12,24-25H2,(H,32,37)(H,33,36)(H,34,38)(H,35,39)(H,40,41)(H4,26,27,30)(H4,28,29,31)/t13-,14-,15-,16-/m0/s1. The summed E-state index contributed by atoms with van der Waals surface area (Å²) in [6.07, 6.45) is 2.29. The third-order valence-corrected chi connectivity index (χ3v) is 6.07. The maximum absolute atomic E-state index is 13.2. The summed E-state index contributed by atoms with van der Waals surface area (Å²) in [5, 5.41) is 19.1. The Morgan fingerprint density at radius 1 is 0.714 bits per heavy atom. The lowest BCUT2D eigenvalue weighted by Gasteiger charge is -2.24. The zero-order valence-electron chi connectivity index (χ0n) is 23.6. The molecule has 4 atom stereocenters. The van der Waals surface area contributed by atoms with E-state index >= 15 is 0 Å². The first kappa shape index (κ1) is 38.2. The fraction of sp³-hybridized carbons (Fsp3) is 0.696. The van der Waals surface area contributed by atoms with Crippen molar-refractivity contribution in [3.63, 3.8) is 0 Å². The van der Waals surface area contributed by atoms with Crippen LogP contribution in [0.4, 0.5) is 0 Å². The summed E-state index contributed by atoms with van der Waals surface area (Å²) >= 11 is 3.93. The normalized spacial score (nSPS) is 13.4. The molecule has 0 fully saturated rings. The molecule has 4 amide bonds. The molecular weight excluding hydrogens is 572 g/mol. The van der Waals surface area contributed by atoms with Gasteiger partial charge in [0.1, 0.15) is 18.1 Å². The van der Waals surface area contributed by atoms with E-state index < -0.39 is 60.3 Å². The second-order valence-electron chi connectivity index (χ2n) is 9.27. The monoisotopic (exact) mass is 618 g/mol. The van der Waals surface area contributed by atoms with Crippen LogP contribution >= 0.6 is 12.6 Å². The number of hydrogen-bond acceptors (Lipinski definition) is 10. The molecule has 0 unspecified atom stereocenters. The van der Waals surface area contributed by atoms with Crippen molar-refractivity contribution in [2.45, 2.75) is 69.1 Å². The van der Waals surface area contributed by atoms with E-state index in [2.05, 4.69) is 43.9 Å². The summed E-state index contributed by atoms with van der Waals surface area (Å²) in [4.78, 5) is 69.9. The van der Waals surface area contributed by atoms with Gasteiger partial charge in [0.15, 0.2) is 11.9 Å². The van der Waals surface area contributed by atoms with E-state index in [4.69, 9.17) is 34.4 Å². The van der Waals surface area contributed by atoms with Crippen LogP contribution < -0.4 is 55.7 Å². The van der Waals surface area contributed by atoms with Gasteiger partial charge in [-0.05, 0) is 51.5 Å². The molecule has 0 aliphatic carbocycles. The largest absolute Gasteiger partial charge is 0.480 e. The van der Waals surface area contributed by atoms with Gasteiger partial charge < -0.3 is 60.8 Å². The van der Waals surface area contributed by atoms with Crippen LogP contribution in [-0.2, 0) is 24.0 Å². The number of unbranched alkanes of at least 4 members (excludes halogenated alkanes) is 1. The molecule has 0 rings (SSSR count). The molecule has 0 aliphatic heterocycles. The molecule has 0 bridgehead atoms. The zero-order chi connectivity index (χ0) is 32.1. The molecule has 17 N–H and O–H groups in total. The van der Waals surface area contributed by atoms with Crippen molar-refractivity contribution in [2.24, 2.45) is 44.4 Å². The van der Waals surface area contributed by atoms with E-state index in [0.29, 0.717) is 32.4 Å².